The van der Waals surface area contributed by atoms with Crippen LogP contribution in [0.4, 0.5) is 5.82 Å². The van der Waals surface area contributed by atoms with Gasteiger partial charge < -0.3 is 10.2 Å². The van der Waals surface area contributed by atoms with E-state index >= 15 is 0 Å². The van der Waals surface area contributed by atoms with Crippen molar-refractivity contribution >= 4 is 23.4 Å². The number of carboxylic acids is 1. The molecule has 0 aliphatic heterocycles. The predicted octanol–water partition coefficient (Wildman–Crippen LogP) is 2.14. The molecule has 0 bridgehead atoms. The van der Waals surface area contributed by atoms with Crippen molar-refractivity contribution in [3.8, 4) is 0 Å². The number of nitrogens with zero attached hydrogens (tertiary/aromatic N) is 2. The molecule has 0 saturated heterocycles. The van der Waals surface area contributed by atoms with E-state index in [1.165, 1.54) is 0 Å². The third-order valence-corrected chi connectivity index (χ3v) is 3.63. The minimum absolute atomic E-state index is 0.113. The summed E-state index contributed by atoms with van der Waals surface area (Å²) in [5, 5.41) is 28.3. The second-order valence-corrected chi connectivity index (χ2v) is 5.84. The van der Waals surface area contributed by atoms with E-state index in [1.54, 1.807) is 29.3 Å². The minimum Gasteiger partial charge on any atom is -0.481 e. The van der Waals surface area contributed by atoms with E-state index < -0.39 is 12.1 Å². The highest BCUT2D eigenvalue weighted by Crippen LogP contribution is 2.18. The molecule has 4 N–H and O–H groups in total. The van der Waals surface area contributed by atoms with Gasteiger partial charge in [0.15, 0.2) is 5.82 Å². The average molecular weight is 353 g/mol. The molecule has 0 fully saturated rings. The summed E-state index contributed by atoms with van der Waals surface area (Å²) in [6.45, 7) is 2.97. The summed E-state index contributed by atoms with van der Waals surface area (Å²) >= 11 is 5.94. The number of H-pyrrole nitrogens is 1. The molecule has 0 saturated carbocycles. The van der Waals surface area contributed by atoms with Gasteiger partial charge in [0.05, 0.1) is 12.5 Å². The van der Waals surface area contributed by atoms with Crippen LogP contribution < -0.4 is 10.4 Å². The normalized spacial score (nSPS) is 12.1. The topological polar surface area (TPSA) is 101 Å². The van der Waals surface area contributed by atoms with Crippen molar-refractivity contribution in [1.29, 1.82) is 0 Å². The Labute approximate surface area is 145 Å². The number of anilines is 1. The molecule has 1 heterocycles. The van der Waals surface area contributed by atoms with Crippen LogP contribution in [0.25, 0.3) is 0 Å². The van der Waals surface area contributed by atoms with Gasteiger partial charge in [0.25, 0.3) is 0 Å². The Morgan fingerprint density at radius 2 is 2.25 bits per heavy atom. The zero-order chi connectivity index (χ0) is 17.5. The van der Waals surface area contributed by atoms with Crippen LogP contribution in [0.5, 0.6) is 0 Å². The maximum atomic E-state index is 10.8. The van der Waals surface area contributed by atoms with Gasteiger partial charge in [-0.05, 0) is 24.1 Å². The van der Waals surface area contributed by atoms with Gasteiger partial charge in [-0.3, -0.25) is 14.9 Å². The third-order valence-electron chi connectivity index (χ3n) is 3.39. The lowest BCUT2D eigenvalue weighted by Gasteiger charge is -2.24. The van der Waals surface area contributed by atoms with Gasteiger partial charge >= 0.3 is 5.97 Å². The maximum absolute atomic E-state index is 10.8. The number of aliphatic hydroxyl groups is 1. The number of halogens is 1. The van der Waals surface area contributed by atoms with E-state index in [1.807, 2.05) is 13.0 Å². The van der Waals surface area contributed by atoms with E-state index in [9.17, 15) is 9.90 Å². The van der Waals surface area contributed by atoms with Crippen molar-refractivity contribution in [3.63, 3.8) is 0 Å². The number of aliphatic hydroxyl groups excluding tert-OH is 1. The molecule has 0 aliphatic rings. The molecule has 24 heavy (non-hydrogen) atoms. The largest absolute Gasteiger partial charge is 0.481 e. The van der Waals surface area contributed by atoms with E-state index in [0.29, 0.717) is 23.1 Å². The number of benzene rings is 1. The molecule has 1 atom stereocenters. The molecule has 0 spiro atoms. The molecular weight excluding hydrogens is 332 g/mol. The van der Waals surface area contributed by atoms with Crippen molar-refractivity contribution in [3.05, 3.63) is 46.6 Å². The maximum Gasteiger partial charge on any atom is 0.309 e. The van der Waals surface area contributed by atoms with Crippen molar-refractivity contribution in [2.75, 3.05) is 18.1 Å². The van der Waals surface area contributed by atoms with Gasteiger partial charge in [0.2, 0.25) is 0 Å². The van der Waals surface area contributed by atoms with E-state index in [4.69, 9.17) is 16.7 Å². The number of aliphatic carboxylic acids is 1. The summed E-state index contributed by atoms with van der Waals surface area (Å²) in [6.07, 6.45) is 0.0277. The number of hydrogen-bond acceptors (Lipinski definition) is 5. The molecule has 0 amide bonds. The zero-order valence-corrected chi connectivity index (χ0v) is 14.1. The third kappa shape index (κ3) is 5.23. The summed E-state index contributed by atoms with van der Waals surface area (Å²) < 4.78 is 0. The molecule has 0 aliphatic carbocycles. The Kier molecular flexibility index (Phi) is 6.60. The van der Waals surface area contributed by atoms with Crippen molar-refractivity contribution in [2.24, 2.45) is 0 Å². The van der Waals surface area contributed by atoms with Crippen LogP contribution in [0.3, 0.4) is 0 Å². The lowest BCUT2D eigenvalue weighted by Crippen LogP contribution is -2.41. The van der Waals surface area contributed by atoms with Crippen molar-refractivity contribution in [2.45, 2.75) is 25.9 Å². The molecule has 1 aromatic carbocycles. The van der Waals surface area contributed by atoms with Crippen LogP contribution in [0.2, 0.25) is 5.02 Å². The van der Waals surface area contributed by atoms with Crippen LogP contribution in [0.1, 0.15) is 30.7 Å². The standard InChI is InChI=1S/C16H21ClN4O3/c1-2-6-21(15-8-13(19-20-15)9-16(23)24)18-10-14(22)11-4-3-5-12(17)7-11/h3-5,7-8,14,18,22H,2,6,9-10H2,1H3,(H,19,20)(H,23,24)/t14-/m0/s1. The number of aromatic nitrogens is 2. The highest BCUT2D eigenvalue weighted by molar-refractivity contribution is 6.30. The zero-order valence-electron chi connectivity index (χ0n) is 13.4. The van der Waals surface area contributed by atoms with Gasteiger partial charge in [0.1, 0.15) is 0 Å². The average Bonchev–Trinajstić information content (AvgIpc) is 2.98. The Morgan fingerprint density at radius 3 is 2.92 bits per heavy atom. The SMILES string of the molecule is CCCN(NC[C@H](O)c1cccc(Cl)c1)c1cc(CC(=O)O)[nH]n1. The number of aromatic amines is 1. The Bertz CT molecular complexity index is 677. The van der Waals surface area contributed by atoms with E-state index in [2.05, 4.69) is 15.6 Å². The smallest absolute Gasteiger partial charge is 0.309 e. The summed E-state index contributed by atoms with van der Waals surface area (Å²) in [5.41, 5.74) is 4.38. The van der Waals surface area contributed by atoms with E-state index in [-0.39, 0.29) is 13.0 Å². The number of hydrazine groups is 1. The van der Waals surface area contributed by atoms with Crippen LogP contribution in [0.15, 0.2) is 30.3 Å². The van der Waals surface area contributed by atoms with Gasteiger partial charge in [-0.15, -0.1) is 0 Å². The first-order chi connectivity index (χ1) is 11.5. The van der Waals surface area contributed by atoms with E-state index in [0.717, 1.165) is 12.0 Å². The lowest BCUT2D eigenvalue weighted by atomic mass is 10.1. The van der Waals surface area contributed by atoms with Gasteiger partial charge in [0, 0.05) is 29.9 Å². The number of rotatable bonds is 9. The molecule has 1 aromatic heterocycles. The monoisotopic (exact) mass is 352 g/mol. The van der Waals surface area contributed by atoms with Crippen molar-refractivity contribution < 1.29 is 15.0 Å². The summed E-state index contributed by atoms with van der Waals surface area (Å²) in [4.78, 5) is 10.8. The summed E-state index contributed by atoms with van der Waals surface area (Å²) in [7, 11) is 0. The Morgan fingerprint density at radius 1 is 1.46 bits per heavy atom. The number of nitrogens with one attached hydrogen (secondary N) is 2. The quantitative estimate of drug-likeness (QED) is 0.516. The molecule has 130 valence electrons. The first-order valence-electron chi connectivity index (χ1n) is 7.70. The second kappa shape index (κ2) is 8.68. The first-order valence-corrected chi connectivity index (χ1v) is 8.08. The highest BCUT2D eigenvalue weighted by atomic mass is 35.5. The fourth-order valence-electron chi connectivity index (χ4n) is 2.27. The second-order valence-electron chi connectivity index (χ2n) is 5.41. The molecule has 2 rings (SSSR count). The van der Waals surface area contributed by atoms with Gasteiger partial charge in [-0.25, -0.2) is 5.43 Å². The molecule has 2 aromatic rings. The fourth-order valence-corrected chi connectivity index (χ4v) is 2.47. The molecule has 0 unspecified atom stereocenters. The fraction of sp³-hybridized carbons (Fsp3) is 0.375. The highest BCUT2D eigenvalue weighted by Gasteiger charge is 2.14. The molecule has 8 heteroatoms. The number of carbonyl (C=O) groups is 1. The van der Waals surface area contributed by atoms with Crippen molar-refractivity contribution in [1.82, 2.24) is 15.6 Å². The molecule has 7 nitrogen and oxygen atoms in total. The van der Waals surface area contributed by atoms with Gasteiger partial charge in [-0.2, -0.15) is 5.10 Å². The number of hydrogen-bond donors (Lipinski definition) is 4. The first kappa shape index (κ1) is 18.3. The van der Waals surface area contributed by atoms with Crippen LogP contribution in [-0.2, 0) is 11.2 Å². The lowest BCUT2D eigenvalue weighted by molar-refractivity contribution is -0.136. The van der Waals surface area contributed by atoms with Gasteiger partial charge in [-0.1, -0.05) is 30.7 Å². The number of carboxylic acid groups (broad SMARTS) is 1. The summed E-state index contributed by atoms with van der Waals surface area (Å²) in [6, 6.07) is 8.75. The minimum atomic E-state index is -0.920. The Balaban J connectivity index is 2.00. The summed E-state index contributed by atoms with van der Waals surface area (Å²) in [5.74, 6) is -0.331. The Hall–Kier alpha value is -2.09. The van der Waals surface area contributed by atoms with Crippen LogP contribution in [-0.4, -0.2) is 39.5 Å². The molecule has 0 radical (unpaired) electrons. The molecular formula is C16H21ClN4O3. The predicted molar refractivity (Wildman–Crippen MR) is 92.0 cm³/mol. The van der Waals surface area contributed by atoms with Crippen LogP contribution >= 0.6 is 11.6 Å². The van der Waals surface area contributed by atoms with Crippen LogP contribution in [0, 0.1) is 0 Å².